The third kappa shape index (κ3) is 4.10. The van der Waals surface area contributed by atoms with Gasteiger partial charge in [0.05, 0.1) is 0 Å². The highest BCUT2D eigenvalue weighted by atomic mass is 79.9. The van der Waals surface area contributed by atoms with Crippen molar-refractivity contribution in [3.05, 3.63) is 35.9 Å². The van der Waals surface area contributed by atoms with E-state index in [-0.39, 0.29) is 0 Å². The lowest BCUT2D eigenvalue weighted by atomic mass is 10.0. The van der Waals surface area contributed by atoms with Crippen LogP contribution in [0.1, 0.15) is 37.7 Å². The second-order valence-corrected chi connectivity index (χ2v) is 6.25. The Labute approximate surface area is 120 Å². The Morgan fingerprint density at radius 3 is 2.72 bits per heavy atom. The molecular weight excluding hydrogens is 286 g/mol. The first kappa shape index (κ1) is 14.1. The summed E-state index contributed by atoms with van der Waals surface area (Å²) in [5, 5.41) is 1.06. The summed E-state index contributed by atoms with van der Waals surface area (Å²) in [4.78, 5) is 2.66. The van der Waals surface area contributed by atoms with Gasteiger partial charge in [-0.15, -0.1) is 0 Å². The molecular formula is C16H24BrN. The van der Waals surface area contributed by atoms with E-state index < -0.39 is 0 Å². The zero-order valence-electron chi connectivity index (χ0n) is 11.3. The van der Waals surface area contributed by atoms with Crippen molar-refractivity contribution >= 4 is 15.9 Å². The monoisotopic (exact) mass is 309 g/mol. The van der Waals surface area contributed by atoms with Crippen LogP contribution < -0.4 is 0 Å². The Kier molecular flexibility index (Phi) is 5.71. The van der Waals surface area contributed by atoms with Crippen LogP contribution in [0.4, 0.5) is 0 Å². The maximum atomic E-state index is 3.68. The standard InChI is InChI=1S/C16H24BrN/c1-14-6-5-10-18(11-9-14)13-16(12-17)15-7-3-2-4-8-15/h2-4,7-8,14,16H,5-6,9-13H2,1H3. The summed E-state index contributed by atoms with van der Waals surface area (Å²) in [5.41, 5.74) is 1.46. The van der Waals surface area contributed by atoms with E-state index in [1.54, 1.807) is 0 Å². The van der Waals surface area contributed by atoms with Crippen LogP contribution in [-0.4, -0.2) is 29.9 Å². The lowest BCUT2D eigenvalue weighted by Crippen LogP contribution is -2.30. The van der Waals surface area contributed by atoms with E-state index in [0.29, 0.717) is 5.92 Å². The third-order valence-electron chi connectivity index (χ3n) is 4.05. The van der Waals surface area contributed by atoms with E-state index in [4.69, 9.17) is 0 Å². The minimum absolute atomic E-state index is 0.625. The van der Waals surface area contributed by atoms with Crippen molar-refractivity contribution in [2.75, 3.05) is 25.0 Å². The highest BCUT2D eigenvalue weighted by molar-refractivity contribution is 9.09. The van der Waals surface area contributed by atoms with Crippen molar-refractivity contribution in [3.63, 3.8) is 0 Å². The van der Waals surface area contributed by atoms with Gasteiger partial charge < -0.3 is 4.90 Å². The summed E-state index contributed by atoms with van der Waals surface area (Å²) >= 11 is 3.68. The number of rotatable bonds is 4. The molecule has 1 aliphatic rings. The Hall–Kier alpha value is -0.340. The third-order valence-corrected chi connectivity index (χ3v) is 4.83. The molecule has 1 aromatic rings. The summed E-state index contributed by atoms with van der Waals surface area (Å²) in [6.45, 7) is 6.14. The number of halogens is 1. The molecule has 0 aliphatic carbocycles. The minimum Gasteiger partial charge on any atom is -0.303 e. The fraction of sp³-hybridized carbons (Fsp3) is 0.625. The molecule has 0 aromatic heterocycles. The molecule has 2 heteroatoms. The molecule has 0 spiro atoms. The van der Waals surface area contributed by atoms with Crippen molar-refractivity contribution in [2.45, 2.75) is 32.1 Å². The zero-order valence-corrected chi connectivity index (χ0v) is 12.9. The summed E-state index contributed by atoms with van der Waals surface area (Å²) in [6.07, 6.45) is 4.13. The van der Waals surface area contributed by atoms with Crippen LogP contribution in [0.5, 0.6) is 0 Å². The number of benzene rings is 1. The predicted octanol–water partition coefficient (Wildman–Crippen LogP) is 4.29. The van der Waals surface area contributed by atoms with Gasteiger partial charge in [0.25, 0.3) is 0 Å². The second kappa shape index (κ2) is 7.30. The van der Waals surface area contributed by atoms with E-state index in [9.17, 15) is 0 Å². The molecule has 1 aliphatic heterocycles. The SMILES string of the molecule is CC1CCCN(CC(CBr)c2ccccc2)CC1. The average Bonchev–Trinajstić information content (AvgIpc) is 2.62. The largest absolute Gasteiger partial charge is 0.303 e. The van der Waals surface area contributed by atoms with Gasteiger partial charge in [0.15, 0.2) is 0 Å². The summed E-state index contributed by atoms with van der Waals surface area (Å²) in [7, 11) is 0. The maximum absolute atomic E-state index is 3.68. The minimum atomic E-state index is 0.625. The number of alkyl halides is 1. The van der Waals surface area contributed by atoms with Gasteiger partial charge in [-0.3, -0.25) is 0 Å². The van der Waals surface area contributed by atoms with Gasteiger partial charge in [0.2, 0.25) is 0 Å². The van der Waals surface area contributed by atoms with Crippen molar-refractivity contribution in [3.8, 4) is 0 Å². The predicted molar refractivity (Wildman–Crippen MR) is 82.4 cm³/mol. The molecule has 2 rings (SSSR count). The van der Waals surface area contributed by atoms with Gasteiger partial charge in [0, 0.05) is 17.8 Å². The molecule has 0 radical (unpaired) electrons. The Bertz CT molecular complexity index is 338. The first-order chi connectivity index (χ1) is 8.79. The van der Waals surface area contributed by atoms with Crippen LogP contribution in [0.3, 0.4) is 0 Å². The van der Waals surface area contributed by atoms with Crippen LogP contribution >= 0.6 is 15.9 Å². The average molecular weight is 310 g/mol. The Morgan fingerprint density at radius 1 is 1.22 bits per heavy atom. The number of hydrogen-bond acceptors (Lipinski definition) is 1. The number of likely N-dealkylation sites (tertiary alicyclic amines) is 1. The smallest absolute Gasteiger partial charge is 0.0112 e. The van der Waals surface area contributed by atoms with E-state index in [1.165, 1.54) is 44.5 Å². The molecule has 1 saturated heterocycles. The molecule has 1 heterocycles. The lowest BCUT2D eigenvalue weighted by molar-refractivity contribution is 0.270. The molecule has 1 aromatic carbocycles. The highest BCUT2D eigenvalue weighted by Crippen LogP contribution is 2.22. The van der Waals surface area contributed by atoms with Crippen molar-refractivity contribution in [1.29, 1.82) is 0 Å². The normalized spacial score (nSPS) is 23.6. The number of hydrogen-bond donors (Lipinski definition) is 0. The van der Waals surface area contributed by atoms with Crippen LogP contribution in [0.2, 0.25) is 0 Å². The molecule has 100 valence electrons. The molecule has 0 N–H and O–H groups in total. The van der Waals surface area contributed by atoms with E-state index in [2.05, 4.69) is 58.1 Å². The Balaban J connectivity index is 1.94. The fourth-order valence-electron chi connectivity index (χ4n) is 2.79. The van der Waals surface area contributed by atoms with E-state index in [1.807, 2.05) is 0 Å². The Morgan fingerprint density at radius 2 is 2.00 bits per heavy atom. The van der Waals surface area contributed by atoms with Crippen LogP contribution in [0.15, 0.2) is 30.3 Å². The van der Waals surface area contributed by atoms with Crippen molar-refractivity contribution in [1.82, 2.24) is 4.90 Å². The van der Waals surface area contributed by atoms with E-state index >= 15 is 0 Å². The topological polar surface area (TPSA) is 3.24 Å². The van der Waals surface area contributed by atoms with Crippen molar-refractivity contribution in [2.24, 2.45) is 5.92 Å². The number of nitrogens with zero attached hydrogens (tertiary/aromatic N) is 1. The molecule has 0 bridgehead atoms. The van der Waals surface area contributed by atoms with E-state index in [0.717, 1.165) is 11.2 Å². The molecule has 1 nitrogen and oxygen atoms in total. The molecule has 2 atom stereocenters. The van der Waals surface area contributed by atoms with Crippen LogP contribution in [0.25, 0.3) is 0 Å². The lowest BCUT2D eigenvalue weighted by Gasteiger charge is -2.25. The molecule has 0 saturated carbocycles. The van der Waals surface area contributed by atoms with Gasteiger partial charge in [0.1, 0.15) is 0 Å². The highest BCUT2D eigenvalue weighted by Gasteiger charge is 2.18. The van der Waals surface area contributed by atoms with Gasteiger partial charge in [-0.2, -0.15) is 0 Å². The molecule has 18 heavy (non-hydrogen) atoms. The first-order valence-electron chi connectivity index (χ1n) is 7.13. The summed E-state index contributed by atoms with van der Waals surface area (Å²) in [5.74, 6) is 1.54. The van der Waals surface area contributed by atoms with Crippen molar-refractivity contribution < 1.29 is 0 Å². The second-order valence-electron chi connectivity index (χ2n) is 5.60. The first-order valence-corrected chi connectivity index (χ1v) is 8.25. The quantitative estimate of drug-likeness (QED) is 0.750. The van der Waals surface area contributed by atoms with Gasteiger partial charge in [-0.25, -0.2) is 0 Å². The molecule has 0 amide bonds. The van der Waals surface area contributed by atoms with Crippen LogP contribution in [0, 0.1) is 5.92 Å². The molecule has 2 unspecified atom stereocenters. The summed E-state index contributed by atoms with van der Waals surface area (Å²) in [6, 6.07) is 10.9. The fourth-order valence-corrected chi connectivity index (χ4v) is 3.36. The zero-order chi connectivity index (χ0) is 12.8. The molecule has 1 fully saturated rings. The van der Waals surface area contributed by atoms with Gasteiger partial charge >= 0.3 is 0 Å². The summed E-state index contributed by atoms with van der Waals surface area (Å²) < 4.78 is 0. The maximum Gasteiger partial charge on any atom is 0.0112 e. The van der Waals surface area contributed by atoms with Gasteiger partial charge in [-0.1, -0.05) is 53.2 Å². The van der Waals surface area contributed by atoms with Gasteiger partial charge in [-0.05, 0) is 43.8 Å². The van der Waals surface area contributed by atoms with Crippen LogP contribution in [-0.2, 0) is 0 Å².